The van der Waals surface area contributed by atoms with Gasteiger partial charge in [-0.05, 0) is 64.3 Å². The van der Waals surface area contributed by atoms with Crippen LogP contribution in [0.15, 0.2) is 40.3 Å². The Balaban J connectivity index is 2.12. The molecule has 0 spiro atoms. The number of hydrogen-bond donors (Lipinski definition) is 1. The molecular weight excluding hydrogens is 408 g/mol. The molecule has 1 fully saturated rings. The quantitative estimate of drug-likeness (QED) is 0.408. The molecule has 1 aliphatic rings. The molecule has 2 aromatic rings. The standard InChI is InChI=1S/C22H25ClN2O5/c1-13-6-9-17(30-13)19-18(20(26)15-12-14(29-4)7-8-16(15)23)21(27)22(28)25(19)11-5-10-24(2)3/h6-9,12,19,26H,5,10-11H2,1-4H3/b20-18+. The predicted molar refractivity (Wildman–Crippen MR) is 114 cm³/mol. The molecule has 1 saturated heterocycles. The summed E-state index contributed by atoms with van der Waals surface area (Å²) < 4.78 is 11.0. The number of hydrogen-bond acceptors (Lipinski definition) is 6. The van der Waals surface area contributed by atoms with Crippen LogP contribution in [0.5, 0.6) is 5.75 Å². The Labute approximate surface area is 180 Å². The zero-order valence-electron chi connectivity index (χ0n) is 17.4. The van der Waals surface area contributed by atoms with E-state index in [0.717, 1.165) is 6.54 Å². The number of Topliss-reactive ketones (excluding diaryl/α,β-unsaturated/α-hetero) is 1. The van der Waals surface area contributed by atoms with Gasteiger partial charge in [-0.15, -0.1) is 0 Å². The first-order chi connectivity index (χ1) is 14.2. The molecule has 0 radical (unpaired) electrons. The maximum absolute atomic E-state index is 12.9. The lowest BCUT2D eigenvalue weighted by atomic mass is 9.99. The fourth-order valence-corrected chi connectivity index (χ4v) is 3.73. The molecule has 1 N–H and O–H groups in total. The Kier molecular flexibility index (Phi) is 6.53. The summed E-state index contributed by atoms with van der Waals surface area (Å²) in [5, 5.41) is 11.3. The Morgan fingerprint density at radius 1 is 1.27 bits per heavy atom. The number of nitrogens with zero attached hydrogens (tertiary/aromatic N) is 2. The van der Waals surface area contributed by atoms with Crippen molar-refractivity contribution in [2.45, 2.75) is 19.4 Å². The second-order valence-corrected chi connectivity index (χ2v) is 7.85. The molecule has 160 valence electrons. The molecule has 8 heteroatoms. The maximum Gasteiger partial charge on any atom is 0.295 e. The number of carbonyl (C=O) groups is 2. The fraction of sp³-hybridized carbons (Fsp3) is 0.364. The molecule has 1 amide bonds. The lowest BCUT2D eigenvalue weighted by Crippen LogP contribution is -2.32. The summed E-state index contributed by atoms with van der Waals surface area (Å²) in [5.41, 5.74) is 0.171. The predicted octanol–water partition coefficient (Wildman–Crippen LogP) is 3.62. The first-order valence-corrected chi connectivity index (χ1v) is 9.95. The highest BCUT2D eigenvalue weighted by Gasteiger charge is 2.47. The Bertz CT molecular complexity index is 995. The molecule has 3 rings (SSSR count). The summed E-state index contributed by atoms with van der Waals surface area (Å²) in [5.74, 6) is -0.276. The summed E-state index contributed by atoms with van der Waals surface area (Å²) in [4.78, 5) is 29.2. The van der Waals surface area contributed by atoms with E-state index >= 15 is 0 Å². The van der Waals surface area contributed by atoms with Gasteiger partial charge in [0.25, 0.3) is 11.7 Å². The SMILES string of the molecule is COc1ccc(Cl)c(/C(O)=C2\C(=O)C(=O)N(CCCN(C)C)C2c2ccc(C)o2)c1. The van der Waals surface area contributed by atoms with Crippen molar-refractivity contribution >= 4 is 29.1 Å². The van der Waals surface area contributed by atoms with E-state index in [9.17, 15) is 14.7 Å². The molecule has 1 aromatic heterocycles. The number of amides is 1. The lowest BCUT2D eigenvalue weighted by molar-refractivity contribution is -0.140. The van der Waals surface area contributed by atoms with Gasteiger partial charge in [0.05, 0.1) is 17.7 Å². The van der Waals surface area contributed by atoms with Gasteiger partial charge in [-0.1, -0.05) is 11.6 Å². The van der Waals surface area contributed by atoms with Gasteiger partial charge in [0.1, 0.15) is 29.1 Å². The number of carbonyl (C=O) groups excluding carboxylic acids is 2. The molecule has 1 aliphatic heterocycles. The minimum Gasteiger partial charge on any atom is -0.507 e. The van der Waals surface area contributed by atoms with E-state index in [1.807, 2.05) is 19.0 Å². The van der Waals surface area contributed by atoms with E-state index < -0.39 is 17.7 Å². The van der Waals surface area contributed by atoms with Crippen molar-refractivity contribution < 1.29 is 23.8 Å². The Hall–Kier alpha value is -2.77. The largest absolute Gasteiger partial charge is 0.507 e. The number of halogens is 1. The van der Waals surface area contributed by atoms with E-state index in [1.165, 1.54) is 18.1 Å². The molecule has 30 heavy (non-hydrogen) atoms. The number of benzene rings is 1. The number of likely N-dealkylation sites (tertiary alicyclic amines) is 1. The molecular formula is C22H25ClN2O5. The van der Waals surface area contributed by atoms with Crippen molar-refractivity contribution in [3.8, 4) is 5.75 Å². The van der Waals surface area contributed by atoms with Crippen LogP contribution in [-0.2, 0) is 9.59 Å². The normalized spacial score (nSPS) is 18.5. The minimum atomic E-state index is -0.830. The third-order valence-corrected chi connectivity index (χ3v) is 5.33. The summed E-state index contributed by atoms with van der Waals surface area (Å²) in [6.45, 7) is 2.87. The second-order valence-electron chi connectivity index (χ2n) is 7.44. The average Bonchev–Trinajstić information content (AvgIpc) is 3.23. The topological polar surface area (TPSA) is 83.2 Å². The fourth-order valence-electron chi connectivity index (χ4n) is 3.52. The molecule has 7 nitrogen and oxygen atoms in total. The van der Waals surface area contributed by atoms with Crippen LogP contribution in [0.3, 0.4) is 0 Å². The smallest absolute Gasteiger partial charge is 0.295 e. The lowest BCUT2D eigenvalue weighted by Gasteiger charge is -2.24. The third-order valence-electron chi connectivity index (χ3n) is 5.00. The van der Waals surface area contributed by atoms with Crippen molar-refractivity contribution in [1.82, 2.24) is 9.80 Å². The molecule has 1 unspecified atom stereocenters. The van der Waals surface area contributed by atoms with Crippen LogP contribution < -0.4 is 4.74 Å². The second kappa shape index (κ2) is 8.93. The average molecular weight is 433 g/mol. The number of rotatable bonds is 7. The zero-order chi connectivity index (χ0) is 22.0. The third kappa shape index (κ3) is 4.22. The van der Waals surface area contributed by atoms with Crippen LogP contribution in [-0.4, -0.2) is 60.9 Å². The van der Waals surface area contributed by atoms with Gasteiger partial charge < -0.3 is 24.1 Å². The number of aliphatic hydroxyl groups excluding tert-OH is 1. The van der Waals surface area contributed by atoms with E-state index in [0.29, 0.717) is 30.2 Å². The monoisotopic (exact) mass is 432 g/mol. The number of ether oxygens (including phenoxy) is 1. The van der Waals surface area contributed by atoms with Crippen molar-refractivity contribution in [2.24, 2.45) is 0 Å². The summed E-state index contributed by atoms with van der Waals surface area (Å²) >= 11 is 6.27. The number of aliphatic hydroxyl groups is 1. The van der Waals surface area contributed by atoms with E-state index in [1.54, 1.807) is 31.2 Å². The highest BCUT2D eigenvalue weighted by Crippen LogP contribution is 2.41. The molecule has 1 aromatic carbocycles. The van der Waals surface area contributed by atoms with E-state index in [2.05, 4.69) is 0 Å². The van der Waals surface area contributed by atoms with Gasteiger partial charge in [0.2, 0.25) is 0 Å². The van der Waals surface area contributed by atoms with Crippen LogP contribution >= 0.6 is 11.6 Å². The molecule has 2 heterocycles. The van der Waals surface area contributed by atoms with Gasteiger partial charge >= 0.3 is 0 Å². The van der Waals surface area contributed by atoms with Gasteiger partial charge in [-0.2, -0.15) is 0 Å². The number of methoxy groups -OCH3 is 1. The van der Waals surface area contributed by atoms with Gasteiger partial charge in [-0.3, -0.25) is 9.59 Å². The first kappa shape index (κ1) is 21.9. The maximum atomic E-state index is 12.9. The number of ketones is 1. The number of furan rings is 1. The highest BCUT2D eigenvalue weighted by molar-refractivity contribution is 6.46. The molecule has 0 saturated carbocycles. The van der Waals surface area contributed by atoms with E-state index in [-0.39, 0.29) is 21.9 Å². The molecule has 0 bridgehead atoms. The van der Waals surface area contributed by atoms with Crippen LogP contribution in [0, 0.1) is 6.92 Å². The van der Waals surface area contributed by atoms with E-state index in [4.69, 9.17) is 20.8 Å². The molecule has 1 atom stereocenters. The van der Waals surface area contributed by atoms with Crippen molar-refractivity contribution in [3.05, 3.63) is 58.0 Å². The summed E-state index contributed by atoms with van der Waals surface area (Å²) in [7, 11) is 5.36. The summed E-state index contributed by atoms with van der Waals surface area (Å²) in [6, 6.07) is 7.38. The van der Waals surface area contributed by atoms with Crippen molar-refractivity contribution in [3.63, 3.8) is 0 Å². The van der Waals surface area contributed by atoms with Gasteiger partial charge in [0.15, 0.2) is 0 Å². The van der Waals surface area contributed by atoms with Crippen LogP contribution in [0.25, 0.3) is 5.76 Å². The zero-order valence-corrected chi connectivity index (χ0v) is 18.2. The van der Waals surface area contributed by atoms with Crippen LogP contribution in [0.2, 0.25) is 5.02 Å². The van der Waals surface area contributed by atoms with Crippen LogP contribution in [0.4, 0.5) is 0 Å². The summed E-state index contributed by atoms with van der Waals surface area (Å²) in [6.07, 6.45) is 0.663. The minimum absolute atomic E-state index is 0.0469. The van der Waals surface area contributed by atoms with Crippen LogP contribution in [0.1, 0.15) is 29.5 Å². The Morgan fingerprint density at radius 3 is 2.60 bits per heavy atom. The first-order valence-electron chi connectivity index (χ1n) is 9.58. The van der Waals surface area contributed by atoms with Crippen molar-refractivity contribution in [1.29, 1.82) is 0 Å². The number of aryl methyl sites for hydroxylation is 1. The highest BCUT2D eigenvalue weighted by atomic mass is 35.5. The Morgan fingerprint density at radius 2 is 2.00 bits per heavy atom. The molecule has 0 aliphatic carbocycles. The van der Waals surface area contributed by atoms with Gasteiger partial charge in [-0.25, -0.2) is 0 Å². The van der Waals surface area contributed by atoms with Gasteiger partial charge in [0, 0.05) is 12.1 Å². The van der Waals surface area contributed by atoms with Crippen molar-refractivity contribution in [2.75, 3.05) is 34.3 Å².